The molecule has 1 aromatic rings. The molecule has 2 heterocycles. The molecule has 262 valence electrons. The van der Waals surface area contributed by atoms with Gasteiger partial charge in [0.05, 0.1) is 31.6 Å². The van der Waals surface area contributed by atoms with Crippen molar-refractivity contribution in [2.45, 2.75) is 153 Å². The second kappa shape index (κ2) is 20.9. The van der Waals surface area contributed by atoms with Crippen LogP contribution in [0.2, 0.25) is 25.7 Å². The Hall–Kier alpha value is -1.18. The van der Waals surface area contributed by atoms with Crippen molar-refractivity contribution in [3.05, 3.63) is 32.9 Å². The van der Waals surface area contributed by atoms with E-state index in [1.807, 2.05) is 4.98 Å². The maximum atomic E-state index is 13.6. The number of phosphoric acid groups is 1. The minimum absolute atomic E-state index is 0.118. The summed E-state index contributed by atoms with van der Waals surface area (Å²) in [5, 5.41) is 10.3. The lowest BCUT2D eigenvalue weighted by molar-refractivity contribution is -0.0773. The standard InChI is InChI=1S/C31H58FN2O9PSi/c1-25(29-27(35)23-28(42-29)34-24-26(32)30(36)33-31(34)37)43-44(38,39)41-21-20-40-19-17-15-13-11-9-7-5-6-8-10-12-14-16-18-22-45(2,3)4/h24-25,27-29,35H,5-23H2,1-4H3,(H,38,39)(H,33,36,37)/t25-,27+,28-,29-/m1/s1. The number of aliphatic hydroxyl groups excluding tert-OH is 1. The van der Waals surface area contributed by atoms with E-state index in [4.69, 9.17) is 18.5 Å². The lowest BCUT2D eigenvalue weighted by Crippen LogP contribution is -2.35. The summed E-state index contributed by atoms with van der Waals surface area (Å²) in [5.74, 6) is -1.18. The number of aromatic amines is 1. The van der Waals surface area contributed by atoms with Gasteiger partial charge in [0.15, 0.2) is 0 Å². The quantitative estimate of drug-likeness (QED) is 0.0585. The summed E-state index contributed by atoms with van der Waals surface area (Å²) in [5.41, 5.74) is -2.07. The third-order valence-corrected chi connectivity index (χ3v) is 11.0. The SMILES string of the molecule is C[C@@H](OP(=O)(O)OCCOCCCCCCCCCCCCCCCC[Si](C)(C)C)[C@H]1O[C@@H](n2cc(F)c(=O)[nH]c2=O)C[C@@H]1O. The van der Waals surface area contributed by atoms with Crippen LogP contribution in [0, 0.1) is 5.82 Å². The molecule has 1 unspecified atom stereocenters. The van der Waals surface area contributed by atoms with Gasteiger partial charge in [0.2, 0.25) is 5.82 Å². The minimum Gasteiger partial charge on any atom is -0.390 e. The Labute approximate surface area is 268 Å². The summed E-state index contributed by atoms with van der Waals surface area (Å²) >= 11 is 0. The van der Waals surface area contributed by atoms with E-state index in [1.54, 1.807) is 0 Å². The second-order valence-electron chi connectivity index (χ2n) is 13.5. The molecular weight excluding hydrogens is 622 g/mol. The first kappa shape index (κ1) is 40.0. The molecule has 1 fully saturated rings. The zero-order valence-electron chi connectivity index (χ0n) is 27.8. The zero-order valence-corrected chi connectivity index (χ0v) is 29.7. The van der Waals surface area contributed by atoms with Crippen molar-refractivity contribution in [3.8, 4) is 0 Å². The number of ether oxygens (including phenoxy) is 2. The van der Waals surface area contributed by atoms with Gasteiger partial charge < -0.3 is 19.5 Å². The number of H-pyrrole nitrogens is 1. The number of nitrogens with one attached hydrogen (secondary N) is 1. The molecule has 1 aliphatic rings. The maximum Gasteiger partial charge on any atom is 0.472 e. The molecule has 1 aliphatic heterocycles. The number of phosphoric ester groups is 1. The Kier molecular flexibility index (Phi) is 18.6. The van der Waals surface area contributed by atoms with E-state index in [0.29, 0.717) is 12.8 Å². The summed E-state index contributed by atoms with van der Waals surface area (Å²) in [4.78, 5) is 35.1. The smallest absolute Gasteiger partial charge is 0.390 e. The molecule has 5 atom stereocenters. The predicted molar refractivity (Wildman–Crippen MR) is 176 cm³/mol. The van der Waals surface area contributed by atoms with Crippen LogP contribution in [0.1, 0.15) is 109 Å². The van der Waals surface area contributed by atoms with Gasteiger partial charge in [0.25, 0.3) is 5.56 Å². The Bertz CT molecular complexity index is 1130. The van der Waals surface area contributed by atoms with Gasteiger partial charge in [-0.1, -0.05) is 109 Å². The minimum atomic E-state index is -4.49. The first-order chi connectivity index (χ1) is 21.3. The lowest BCUT2D eigenvalue weighted by atomic mass is 10.0. The summed E-state index contributed by atoms with van der Waals surface area (Å²) in [6.07, 6.45) is 14.2. The van der Waals surface area contributed by atoms with Crippen molar-refractivity contribution in [1.29, 1.82) is 0 Å². The fourth-order valence-corrected chi connectivity index (χ4v) is 7.76. The van der Waals surface area contributed by atoms with Gasteiger partial charge in [0, 0.05) is 21.1 Å². The fourth-order valence-electron chi connectivity index (χ4n) is 5.54. The van der Waals surface area contributed by atoms with Gasteiger partial charge in [-0.25, -0.2) is 9.36 Å². The van der Waals surface area contributed by atoms with Crippen molar-refractivity contribution in [3.63, 3.8) is 0 Å². The van der Waals surface area contributed by atoms with E-state index >= 15 is 0 Å². The molecule has 0 radical (unpaired) electrons. The highest BCUT2D eigenvalue weighted by atomic mass is 31.2. The molecule has 1 aromatic heterocycles. The van der Waals surface area contributed by atoms with E-state index < -0.39 is 57.5 Å². The first-order valence-corrected chi connectivity index (χ1v) is 22.1. The molecule has 11 nitrogen and oxygen atoms in total. The number of hydrogen-bond acceptors (Lipinski definition) is 8. The van der Waals surface area contributed by atoms with Crippen molar-refractivity contribution in [2.24, 2.45) is 0 Å². The highest BCUT2D eigenvalue weighted by Crippen LogP contribution is 2.46. The number of nitrogens with zero attached hydrogens (tertiary/aromatic N) is 1. The number of halogens is 1. The number of aliphatic hydroxyl groups is 1. The molecule has 3 N–H and O–H groups in total. The lowest BCUT2D eigenvalue weighted by Gasteiger charge is -2.24. The molecule has 1 saturated heterocycles. The molecule has 0 amide bonds. The van der Waals surface area contributed by atoms with Gasteiger partial charge in [-0.3, -0.25) is 23.4 Å². The van der Waals surface area contributed by atoms with Crippen molar-refractivity contribution in [1.82, 2.24) is 9.55 Å². The first-order valence-electron chi connectivity index (χ1n) is 16.9. The highest BCUT2D eigenvalue weighted by molar-refractivity contribution is 7.47. The molecule has 0 bridgehead atoms. The molecule has 0 aliphatic carbocycles. The molecule has 0 aromatic carbocycles. The van der Waals surface area contributed by atoms with E-state index in [2.05, 4.69) is 19.6 Å². The Balaban J connectivity index is 1.43. The van der Waals surface area contributed by atoms with E-state index in [-0.39, 0.29) is 19.6 Å². The normalized spacial score (nSPS) is 20.8. The van der Waals surface area contributed by atoms with Crippen LogP contribution >= 0.6 is 7.82 Å². The highest BCUT2D eigenvalue weighted by Gasteiger charge is 2.42. The third-order valence-electron chi connectivity index (χ3n) is 8.08. The largest absolute Gasteiger partial charge is 0.472 e. The molecular formula is C31H58FN2O9PSi. The molecule has 45 heavy (non-hydrogen) atoms. The van der Waals surface area contributed by atoms with Crippen LogP contribution in [0.5, 0.6) is 0 Å². The van der Waals surface area contributed by atoms with E-state index in [0.717, 1.165) is 17.4 Å². The monoisotopic (exact) mass is 680 g/mol. The van der Waals surface area contributed by atoms with Crippen molar-refractivity contribution >= 4 is 15.9 Å². The van der Waals surface area contributed by atoms with Crippen LogP contribution in [-0.2, 0) is 23.1 Å². The van der Waals surface area contributed by atoms with Crippen molar-refractivity contribution in [2.75, 3.05) is 19.8 Å². The summed E-state index contributed by atoms with van der Waals surface area (Å²) in [6.45, 7) is 9.31. The Morgan fingerprint density at radius 2 is 1.49 bits per heavy atom. The Morgan fingerprint density at radius 1 is 0.956 bits per heavy atom. The van der Waals surface area contributed by atoms with Gasteiger partial charge in [-0.2, -0.15) is 4.39 Å². The average molecular weight is 681 g/mol. The third kappa shape index (κ3) is 17.0. The molecule has 2 rings (SSSR count). The fraction of sp³-hybridized carbons (Fsp3) is 0.871. The predicted octanol–water partition coefficient (Wildman–Crippen LogP) is 6.66. The van der Waals surface area contributed by atoms with Crippen LogP contribution in [0.3, 0.4) is 0 Å². The van der Waals surface area contributed by atoms with Crippen molar-refractivity contribution < 1.29 is 37.5 Å². The number of hydrogen-bond donors (Lipinski definition) is 3. The second-order valence-corrected chi connectivity index (χ2v) is 20.5. The van der Waals surface area contributed by atoms with Gasteiger partial charge in [0.1, 0.15) is 12.3 Å². The molecule has 0 saturated carbocycles. The van der Waals surface area contributed by atoms with Gasteiger partial charge in [-0.05, 0) is 13.3 Å². The number of unbranched alkanes of at least 4 members (excludes halogenated alkanes) is 13. The van der Waals surface area contributed by atoms with Crippen LogP contribution in [0.4, 0.5) is 4.39 Å². The Morgan fingerprint density at radius 3 is 2.04 bits per heavy atom. The van der Waals surface area contributed by atoms with Crippen LogP contribution < -0.4 is 11.2 Å². The van der Waals surface area contributed by atoms with Gasteiger partial charge >= 0.3 is 13.5 Å². The van der Waals surface area contributed by atoms with Crippen LogP contribution in [-0.4, -0.2) is 65.8 Å². The van der Waals surface area contributed by atoms with Crippen LogP contribution in [0.25, 0.3) is 0 Å². The number of rotatable bonds is 25. The zero-order chi connectivity index (χ0) is 33.3. The summed E-state index contributed by atoms with van der Waals surface area (Å²) < 4.78 is 48.0. The van der Waals surface area contributed by atoms with Gasteiger partial charge in [-0.15, -0.1) is 0 Å². The maximum absolute atomic E-state index is 13.6. The van der Waals surface area contributed by atoms with E-state index in [9.17, 15) is 28.5 Å². The number of aromatic nitrogens is 2. The average Bonchev–Trinajstić information content (AvgIpc) is 3.34. The topological polar surface area (TPSA) is 149 Å². The molecule has 14 heteroatoms. The molecule has 0 spiro atoms. The summed E-state index contributed by atoms with van der Waals surface area (Å²) in [6, 6.07) is 1.47. The summed E-state index contributed by atoms with van der Waals surface area (Å²) in [7, 11) is -5.34. The van der Waals surface area contributed by atoms with E-state index in [1.165, 1.54) is 90.0 Å². The van der Waals surface area contributed by atoms with Crippen LogP contribution in [0.15, 0.2) is 15.8 Å².